The second-order valence-corrected chi connectivity index (χ2v) is 24.6. The molecule has 0 atom stereocenters. The molecule has 0 bridgehead atoms. The summed E-state index contributed by atoms with van der Waals surface area (Å²) in [5.41, 5.74) is 0. The molecule has 0 aliphatic carbocycles. The third-order valence-electron chi connectivity index (χ3n) is 1.96. The molecule has 0 nitrogen and oxygen atoms in total. The molecule has 0 saturated carbocycles. The van der Waals surface area contributed by atoms with Crippen molar-refractivity contribution in [3.63, 3.8) is 0 Å². The minimum atomic E-state index is -1.89. The molecule has 0 unspecified atom stereocenters. The fourth-order valence-corrected chi connectivity index (χ4v) is 6.03. The molecule has 0 aliphatic heterocycles. The van der Waals surface area contributed by atoms with Gasteiger partial charge in [-0.2, -0.15) is 0 Å². The van der Waals surface area contributed by atoms with Crippen molar-refractivity contribution in [3.05, 3.63) is 24.3 Å². The Kier molecular flexibility index (Phi) is 3.64. The molecule has 0 radical (unpaired) electrons. The van der Waals surface area contributed by atoms with Crippen molar-refractivity contribution in [2.75, 3.05) is 6.26 Å². The number of hydrogen-bond acceptors (Lipinski definition) is 1. The summed E-state index contributed by atoms with van der Waals surface area (Å²) < 4.78 is 9.00. The Morgan fingerprint density at radius 3 is 1.83 bits per heavy atom. The summed E-state index contributed by atoms with van der Waals surface area (Å²) in [5, 5.41) is 0. The standard InChI is InChI=1S/C7H7S.3CH3.Pb/c1-8-7-5-3-2-4-6-7;;;;/h3-6H,1H3;3*1H3;. The van der Waals surface area contributed by atoms with E-state index >= 15 is 0 Å². The second kappa shape index (κ2) is 4.13. The zero-order valence-corrected chi connectivity index (χ0v) is 12.9. The van der Waals surface area contributed by atoms with Crippen molar-refractivity contribution in [2.24, 2.45) is 0 Å². The van der Waals surface area contributed by atoms with E-state index in [-0.39, 0.29) is 0 Å². The van der Waals surface area contributed by atoms with Gasteiger partial charge in [0.25, 0.3) is 0 Å². The molecule has 0 aliphatic rings. The predicted octanol–water partition coefficient (Wildman–Crippen LogP) is 2.95. The first-order chi connectivity index (χ1) is 5.54. The predicted molar refractivity (Wildman–Crippen MR) is 61.2 cm³/mol. The Morgan fingerprint density at radius 2 is 1.50 bits per heavy atom. The van der Waals surface area contributed by atoms with Crippen molar-refractivity contribution in [1.29, 1.82) is 0 Å². The fourth-order valence-electron chi connectivity index (χ4n) is 1.09. The van der Waals surface area contributed by atoms with Crippen LogP contribution in [0.15, 0.2) is 29.2 Å². The van der Waals surface area contributed by atoms with E-state index in [4.69, 9.17) is 0 Å². The van der Waals surface area contributed by atoms with Gasteiger partial charge in [-0.25, -0.2) is 0 Å². The zero-order chi connectivity index (χ0) is 9.19. The van der Waals surface area contributed by atoms with E-state index in [0.717, 1.165) is 0 Å². The first-order valence-corrected chi connectivity index (χ1v) is 19.0. The molecule has 1 rings (SSSR count). The van der Waals surface area contributed by atoms with Crippen LogP contribution in [0.1, 0.15) is 0 Å². The molecule has 0 spiro atoms. The average molecular weight is 376 g/mol. The van der Waals surface area contributed by atoms with Crippen LogP contribution < -0.4 is 3.12 Å². The molecule has 2 heteroatoms. The van der Waals surface area contributed by atoms with Crippen molar-refractivity contribution >= 4 is 36.1 Å². The van der Waals surface area contributed by atoms with Gasteiger partial charge < -0.3 is 0 Å². The van der Waals surface area contributed by atoms with Gasteiger partial charge in [-0.05, 0) is 0 Å². The normalized spacial score (nSPS) is 11.7. The molecule has 12 heavy (non-hydrogen) atoms. The topological polar surface area (TPSA) is 0 Å². The van der Waals surface area contributed by atoms with Crippen LogP contribution >= 0.6 is 11.8 Å². The van der Waals surface area contributed by atoms with E-state index < -0.39 is 21.2 Å². The summed E-state index contributed by atoms with van der Waals surface area (Å²) in [6.45, 7) is 0. The maximum absolute atomic E-state index is 2.46. The average Bonchev–Trinajstić information content (AvgIpc) is 2.03. The third kappa shape index (κ3) is 2.76. The molecule has 0 heterocycles. The SMILES string of the molecule is CSc1cc[c]([Pb]([CH3])([CH3])[CH3])cc1. The summed E-state index contributed by atoms with van der Waals surface area (Å²) in [6.07, 6.45) is 2.12. The van der Waals surface area contributed by atoms with Gasteiger partial charge in [-0.1, -0.05) is 0 Å². The molecule has 66 valence electrons. The van der Waals surface area contributed by atoms with E-state index in [2.05, 4.69) is 44.0 Å². The van der Waals surface area contributed by atoms with Gasteiger partial charge in [0.2, 0.25) is 0 Å². The first kappa shape index (κ1) is 10.6. The van der Waals surface area contributed by atoms with Gasteiger partial charge in [0.1, 0.15) is 0 Å². The van der Waals surface area contributed by atoms with Crippen molar-refractivity contribution in [2.45, 2.75) is 18.3 Å². The van der Waals surface area contributed by atoms with Crippen LogP contribution in [-0.2, 0) is 0 Å². The van der Waals surface area contributed by atoms with E-state index in [9.17, 15) is 0 Å². The van der Waals surface area contributed by atoms with Crippen molar-refractivity contribution in [3.8, 4) is 0 Å². The summed E-state index contributed by atoms with van der Waals surface area (Å²) in [4.78, 5) is 1.37. The Labute approximate surface area is 84.4 Å². The molecular weight excluding hydrogens is 359 g/mol. The molecular formula is C10H16PbS. The van der Waals surface area contributed by atoms with Crippen LogP contribution in [0.3, 0.4) is 0 Å². The quantitative estimate of drug-likeness (QED) is 0.566. The molecule has 0 N–H and O–H groups in total. The molecule has 1 aromatic rings. The Hall–Kier alpha value is 0.492. The number of hydrogen-bond donors (Lipinski definition) is 0. The van der Waals surface area contributed by atoms with Crippen LogP contribution in [0.4, 0.5) is 0 Å². The molecule has 0 fully saturated rings. The monoisotopic (exact) mass is 376 g/mol. The van der Waals surface area contributed by atoms with Crippen LogP contribution in [0.5, 0.6) is 0 Å². The molecule has 0 amide bonds. The fraction of sp³-hybridized carbons (Fsp3) is 0.400. The van der Waals surface area contributed by atoms with E-state index in [1.165, 1.54) is 4.90 Å². The molecule has 0 saturated heterocycles. The molecule has 0 aromatic heterocycles. The molecule has 1 aromatic carbocycles. The van der Waals surface area contributed by atoms with Crippen LogP contribution in [-0.4, -0.2) is 27.4 Å². The number of rotatable bonds is 2. The first-order valence-electron chi connectivity index (χ1n) is 4.18. The van der Waals surface area contributed by atoms with Gasteiger partial charge in [-0.3, -0.25) is 0 Å². The second-order valence-electron chi connectivity index (χ2n) is 3.98. The van der Waals surface area contributed by atoms with Gasteiger partial charge in [0.15, 0.2) is 0 Å². The van der Waals surface area contributed by atoms with Gasteiger partial charge in [0, 0.05) is 0 Å². The van der Waals surface area contributed by atoms with Gasteiger partial charge in [0.05, 0.1) is 0 Å². The third-order valence-corrected chi connectivity index (χ3v) is 10.7. The van der Waals surface area contributed by atoms with Crippen LogP contribution in [0.2, 0.25) is 13.4 Å². The van der Waals surface area contributed by atoms with E-state index in [0.29, 0.717) is 0 Å². The minimum absolute atomic E-state index is 1.37. The number of benzene rings is 1. The zero-order valence-electron chi connectivity index (χ0n) is 8.22. The Balaban J connectivity index is 2.93. The van der Waals surface area contributed by atoms with E-state index in [1.807, 2.05) is 11.8 Å². The Bertz CT molecular complexity index is 246. The Morgan fingerprint density at radius 1 is 1.00 bits per heavy atom. The summed E-state index contributed by atoms with van der Waals surface area (Å²) in [6, 6.07) is 9.11. The van der Waals surface area contributed by atoms with Crippen molar-refractivity contribution in [1.82, 2.24) is 0 Å². The van der Waals surface area contributed by atoms with Crippen LogP contribution in [0.25, 0.3) is 0 Å². The van der Waals surface area contributed by atoms with Crippen LogP contribution in [0, 0.1) is 0 Å². The summed E-state index contributed by atoms with van der Waals surface area (Å²) >= 11 is -0.0772. The number of thioether (sulfide) groups is 1. The van der Waals surface area contributed by atoms with E-state index in [1.54, 1.807) is 3.12 Å². The van der Waals surface area contributed by atoms with Gasteiger partial charge in [-0.15, -0.1) is 0 Å². The summed E-state index contributed by atoms with van der Waals surface area (Å²) in [7, 11) is 0. The maximum atomic E-state index is 2.46. The summed E-state index contributed by atoms with van der Waals surface area (Å²) in [5.74, 6) is 0. The van der Waals surface area contributed by atoms with Gasteiger partial charge >= 0.3 is 84.9 Å². The van der Waals surface area contributed by atoms with Crippen molar-refractivity contribution < 1.29 is 0 Å².